The molecule has 0 bridgehead atoms. The number of hydrogen-bond donors (Lipinski definition) is 1. The Kier molecular flexibility index (Phi) is 7.35. The Morgan fingerprint density at radius 2 is 1.62 bits per heavy atom. The van der Waals surface area contributed by atoms with E-state index in [1.54, 1.807) is 0 Å². The van der Waals surface area contributed by atoms with Crippen molar-refractivity contribution in [1.82, 2.24) is 5.32 Å². The fraction of sp³-hybridized carbons (Fsp3) is 1.00. The van der Waals surface area contributed by atoms with E-state index in [0.29, 0.717) is 6.04 Å². The molecule has 0 amide bonds. The van der Waals surface area contributed by atoms with Gasteiger partial charge >= 0.3 is 0 Å². The Hall–Kier alpha value is -0.0400. The molecule has 0 spiro atoms. The van der Waals surface area contributed by atoms with Gasteiger partial charge in [-0.15, -0.1) is 0 Å². The van der Waals surface area contributed by atoms with E-state index in [0.717, 1.165) is 18.4 Å². The standard InChI is InChI=1S/C12H27N/c1-6-13-12(5)8-7-11(4)9-10(2)3/h10-13H,6-9H2,1-5H3. The molecular weight excluding hydrogens is 158 g/mol. The van der Waals surface area contributed by atoms with Crippen molar-refractivity contribution in [3.63, 3.8) is 0 Å². The van der Waals surface area contributed by atoms with Gasteiger partial charge in [-0.3, -0.25) is 0 Å². The van der Waals surface area contributed by atoms with Crippen molar-refractivity contribution in [2.75, 3.05) is 6.54 Å². The lowest BCUT2D eigenvalue weighted by Gasteiger charge is -2.17. The van der Waals surface area contributed by atoms with E-state index < -0.39 is 0 Å². The summed E-state index contributed by atoms with van der Waals surface area (Å²) in [5.74, 6) is 1.74. The average Bonchev–Trinajstić information content (AvgIpc) is 2.00. The Balaban J connectivity index is 3.40. The summed E-state index contributed by atoms with van der Waals surface area (Å²) >= 11 is 0. The molecule has 0 aliphatic carbocycles. The zero-order chi connectivity index (χ0) is 10.3. The molecule has 0 rings (SSSR count). The molecule has 0 aromatic heterocycles. The molecule has 0 fully saturated rings. The van der Waals surface area contributed by atoms with Crippen molar-refractivity contribution in [3.8, 4) is 0 Å². The van der Waals surface area contributed by atoms with Gasteiger partial charge in [0.05, 0.1) is 0 Å². The van der Waals surface area contributed by atoms with Crippen LogP contribution in [0.2, 0.25) is 0 Å². The van der Waals surface area contributed by atoms with Crippen LogP contribution in [0.15, 0.2) is 0 Å². The topological polar surface area (TPSA) is 12.0 Å². The van der Waals surface area contributed by atoms with Crippen LogP contribution in [0.5, 0.6) is 0 Å². The second kappa shape index (κ2) is 7.37. The van der Waals surface area contributed by atoms with Crippen molar-refractivity contribution in [3.05, 3.63) is 0 Å². The summed E-state index contributed by atoms with van der Waals surface area (Å²) in [6.45, 7) is 12.5. The molecule has 0 saturated carbocycles. The van der Waals surface area contributed by atoms with Gasteiger partial charge in [0.15, 0.2) is 0 Å². The van der Waals surface area contributed by atoms with Gasteiger partial charge in [0.1, 0.15) is 0 Å². The summed E-state index contributed by atoms with van der Waals surface area (Å²) in [6, 6.07) is 0.694. The van der Waals surface area contributed by atoms with Crippen LogP contribution < -0.4 is 5.32 Å². The van der Waals surface area contributed by atoms with Gasteiger partial charge in [-0.25, -0.2) is 0 Å². The zero-order valence-corrected chi connectivity index (χ0v) is 10.1. The van der Waals surface area contributed by atoms with Crippen LogP contribution in [-0.2, 0) is 0 Å². The fourth-order valence-electron chi connectivity index (χ4n) is 1.91. The Bertz CT molecular complexity index is 110. The molecule has 0 aliphatic heterocycles. The van der Waals surface area contributed by atoms with E-state index in [-0.39, 0.29) is 0 Å². The molecule has 0 aromatic rings. The van der Waals surface area contributed by atoms with Crippen LogP contribution in [0.25, 0.3) is 0 Å². The molecule has 2 unspecified atom stereocenters. The van der Waals surface area contributed by atoms with Crippen molar-refractivity contribution < 1.29 is 0 Å². The minimum absolute atomic E-state index is 0.694. The molecule has 80 valence electrons. The number of hydrogen-bond acceptors (Lipinski definition) is 1. The Morgan fingerprint density at radius 1 is 1.00 bits per heavy atom. The molecule has 0 aromatic carbocycles. The second-order valence-electron chi connectivity index (χ2n) is 4.77. The highest BCUT2D eigenvalue weighted by Gasteiger charge is 2.07. The fourth-order valence-corrected chi connectivity index (χ4v) is 1.91. The Morgan fingerprint density at radius 3 is 2.08 bits per heavy atom. The summed E-state index contributed by atoms with van der Waals surface area (Å²) in [7, 11) is 0. The minimum atomic E-state index is 0.694. The highest BCUT2D eigenvalue weighted by molar-refractivity contribution is 4.63. The Labute approximate surface area is 84.3 Å². The number of nitrogens with one attached hydrogen (secondary N) is 1. The first-order chi connectivity index (χ1) is 6.06. The number of rotatable bonds is 7. The molecule has 0 saturated heterocycles. The molecule has 13 heavy (non-hydrogen) atoms. The first-order valence-electron chi connectivity index (χ1n) is 5.79. The van der Waals surface area contributed by atoms with E-state index in [9.17, 15) is 0 Å². The lowest BCUT2D eigenvalue weighted by Crippen LogP contribution is -2.25. The molecule has 1 N–H and O–H groups in total. The van der Waals surface area contributed by atoms with Crippen molar-refractivity contribution in [1.29, 1.82) is 0 Å². The van der Waals surface area contributed by atoms with Gasteiger partial charge in [-0.2, -0.15) is 0 Å². The molecular formula is C12H27N. The lowest BCUT2D eigenvalue weighted by atomic mass is 9.93. The quantitative estimate of drug-likeness (QED) is 0.640. The van der Waals surface area contributed by atoms with Crippen molar-refractivity contribution in [2.24, 2.45) is 11.8 Å². The molecule has 0 radical (unpaired) electrons. The molecule has 0 heterocycles. The van der Waals surface area contributed by atoms with E-state index in [2.05, 4.69) is 39.9 Å². The maximum atomic E-state index is 3.45. The van der Waals surface area contributed by atoms with Gasteiger partial charge in [0, 0.05) is 6.04 Å². The summed E-state index contributed by atoms with van der Waals surface area (Å²) in [5, 5.41) is 3.45. The highest BCUT2D eigenvalue weighted by atomic mass is 14.9. The van der Waals surface area contributed by atoms with Crippen LogP contribution in [0.3, 0.4) is 0 Å². The SMILES string of the molecule is CCNC(C)CCC(C)CC(C)C. The maximum absolute atomic E-state index is 3.45. The predicted molar refractivity (Wildman–Crippen MR) is 61.0 cm³/mol. The lowest BCUT2D eigenvalue weighted by molar-refractivity contribution is 0.379. The molecule has 1 nitrogen and oxygen atoms in total. The van der Waals surface area contributed by atoms with E-state index >= 15 is 0 Å². The smallest absolute Gasteiger partial charge is 0.00387 e. The zero-order valence-electron chi connectivity index (χ0n) is 10.1. The molecule has 2 atom stereocenters. The van der Waals surface area contributed by atoms with Gasteiger partial charge in [-0.1, -0.05) is 27.7 Å². The van der Waals surface area contributed by atoms with Gasteiger partial charge < -0.3 is 5.32 Å². The van der Waals surface area contributed by atoms with E-state index in [4.69, 9.17) is 0 Å². The summed E-state index contributed by atoms with van der Waals surface area (Å²) in [6.07, 6.45) is 4.06. The maximum Gasteiger partial charge on any atom is 0.00387 e. The average molecular weight is 185 g/mol. The molecule has 1 heteroatoms. The van der Waals surface area contributed by atoms with E-state index in [1.165, 1.54) is 19.3 Å². The van der Waals surface area contributed by atoms with Gasteiger partial charge in [0.2, 0.25) is 0 Å². The van der Waals surface area contributed by atoms with Crippen LogP contribution in [0, 0.1) is 11.8 Å². The van der Waals surface area contributed by atoms with Crippen LogP contribution in [-0.4, -0.2) is 12.6 Å². The van der Waals surface area contributed by atoms with Gasteiger partial charge in [-0.05, 0) is 44.6 Å². The highest BCUT2D eigenvalue weighted by Crippen LogP contribution is 2.16. The normalized spacial score (nSPS) is 16.2. The van der Waals surface area contributed by atoms with Gasteiger partial charge in [0.25, 0.3) is 0 Å². The second-order valence-corrected chi connectivity index (χ2v) is 4.77. The third kappa shape index (κ3) is 8.29. The first-order valence-corrected chi connectivity index (χ1v) is 5.79. The van der Waals surface area contributed by atoms with Crippen molar-refractivity contribution >= 4 is 0 Å². The third-order valence-corrected chi connectivity index (χ3v) is 2.52. The summed E-state index contributed by atoms with van der Waals surface area (Å²) < 4.78 is 0. The summed E-state index contributed by atoms with van der Waals surface area (Å²) in [4.78, 5) is 0. The minimum Gasteiger partial charge on any atom is -0.315 e. The molecule has 0 aliphatic rings. The first kappa shape index (κ1) is 13.0. The third-order valence-electron chi connectivity index (χ3n) is 2.52. The van der Waals surface area contributed by atoms with Crippen LogP contribution in [0.4, 0.5) is 0 Å². The largest absolute Gasteiger partial charge is 0.315 e. The monoisotopic (exact) mass is 185 g/mol. The summed E-state index contributed by atoms with van der Waals surface area (Å²) in [5.41, 5.74) is 0. The van der Waals surface area contributed by atoms with E-state index in [1.807, 2.05) is 0 Å². The van der Waals surface area contributed by atoms with Crippen molar-refractivity contribution in [2.45, 2.75) is 59.9 Å². The predicted octanol–water partition coefficient (Wildman–Crippen LogP) is 3.45. The van der Waals surface area contributed by atoms with Crippen LogP contribution >= 0.6 is 0 Å². The van der Waals surface area contributed by atoms with Crippen LogP contribution in [0.1, 0.15) is 53.9 Å².